The first kappa shape index (κ1) is 19.7. The quantitative estimate of drug-likeness (QED) is 0.687. The van der Waals surface area contributed by atoms with E-state index in [4.69, 9.17) is 21.1 Å². The second-order valence-electron chi connectivity index (χ2n) is 6.58. The van der Waals surface area contributed by atoms with Crippen molar-refractivity contribution >= 4 is 17.4 Å². The monoisotopic (exact) mass is 390 g/mol. The van der Waals surface area contributed by atoms with Crippen LogP contribution < -0.4 is 14.8 Å². The summed E-state index contributed by atoms with van der Waals surface area (Å²) in [5.74, 6) is 2.53. The fourth-order valence-corrected chi connectivity index (χ4v) is 3.49. The number of anilines is 1. The number of hydrogen-bond donors (Lipinski definition) is 1. The summed E-state index contributed by atoms with van der Waals surface area (Å²) in [6.45, 7) is 8.25. The third kappa shape index (κ3) is 5.97. The van der Waals surface area contributed by atoms with Crippen LogP contribution in [0.2, 0.25) is 5.28 Å². The van der Waals surface area contributed by atoms with Crippen molar-refractivity contribution in [3.63, 3.8) is 0 Å². The number of rotatable bonds is 8. The zero-order valence-corrected chi connectivity index (χ0v) is 16.7. The number of aromatic nitrogens is 2. The Labute approximate surface area is 165 Å². The molecule has 0 unspecified atom stereocenters. The summed E-state index contributed by atoms with van der Waals surface area (Å²) in [6.07, 6.45) is 3.80. The van der Waals surface area contributed by atoms with Gasteiger partial charge < -0.3 is 14.8 Å². The molecule has 3 rings (SSSR count). The van der Waals surface area contributed by atoms with E-state index in [-0.39, 0.29) is 5.28 Å². The topological polar surface area (TPSA) is 59.5 Å². The van der Waals surface area contributed by atoms with Crippen molar-refractivity contribution in [3.05, 3.63) is 41.3 Å². The SMILES string of the molecule is CCOc1cc(CN2CCC(Nc3ccnc(Cl)n3)CC2)cc(OCC)c1. The van der Waals surface area contributed by atoms with Gasteiger partial charge in [-0.1, -0.05) is 0 Å². The Balaban J connectivity index is 1.55. The van der Waals surface area contributed by atoms with Gasteiger partial charge in [-0.15, -0.1) is 0 Å². The van der Waals surface area contributed by atoms with Gasteiger partial charge >= 0.3 is 0 Å². The fourth-order valence-electron chi connectivity index (χ4n) is 3.34. The van der Waals surface area contributed by atoms with Gasteiger partial charge in [-0.05, 0) is 62.1 Å². The van der Waals surface area contributed by atoms with Crippen LogP contribution in [0, 0.1) is 0 Å². The summed E-state index contributed by atoms with van der Waals surface area (Å²) in [7, 11) is 0. The molecule has 1 aliphatic rings. The minimum Gasteiger partial charge on any atom is -0.494 e. The number of nitrogens with zero attached hydrogens (tertiary/aromatic N) is 3. The lowest BCUT2D eigenvalue weighted by molar-refractivity contribution is 0.210. The van der Waals surface area contributed by atoms with Crippen LogP contribution in [-0.2, 0) is 6.54 Å². The van der Waals surface area contributed by atoms with Crippen molar-refractivity contribution in [2.45, 2.75) is 39.3 Å². The molecule has 1 aromatic carbocycles. The van der Waals surface area contributed by atoms with Gasteiger partial charge in [0, 0.05) is 37.9 Å². The summed E-state index contributed by atoms with van der Waals surface area (Å²) < 4.78 is 11.4. The molecule has 1 aliphatic heterocycles. The van der Waals surface area contributed by atoms with E-state index in [0.29, 0.717) is 19.3 Å². The molecular weight excluding hydrogens is 364 g/mol. The molecule has 1 fully saturated rings. The van der Waals surface area contributed by atoms with Crippen LogP contribution in [0.1, 0.15) is 32.3 Å². The minimum atomic E-state index is 0.275. The Morgan fingerprint density at radius 1 is 1.11 bits per heavy atom. The van der Waals surface area contributed by atoms with E-state index in [1.54, 1.807) is 6.20 Å². The number of nitrogens with one attached hydrogen (secondary N) is 1. The summed E-state index contributed by atoms with van der Waals surface area (Å²) in [6, 6.07) is 8.44. The van der Waals surface area contributed by atoms with Crippen LogP contribution >= 0.6 is 11.6 Å². The lowest BCUT2D eigenvalue weighted by Crippen LogP contribution is -2.38. The van der Waals surface area contributed by atoms with E-state index in [2.05, 4.69) is 32.3 Å². The van der Waals surface area contributed by atoms with Crippen molar-refractivity contribution < 1.29 is 9.47 Å². The van der Waals surface area contributed by atoms with Crippen molar-refractivity contribution in [1.29, 1.82) is 0 Å². The molecule has 1 aromatic heterocycles. The second-order valence-corrected chi connectivity index (χ2v) is 6.92. The van der Waals surface area contributed by atoms with Crippen LogP contribution in [0.15, 0.2) is 30.5 Å². The van der Waals surface area contributed by atoms with Gasteiger partial charge in [-0.3, -0.25) is 4.90 Å². The third-order valence-corrected chi connectivity index (χ3v) is 4.72. The summed E-state index contributed by atoms with van der Waals surface area (Å²) in [4.78, 5) is 10.6. The zero-order chi connectivity index (χ0) is 19.1. The van der Waals surface area contributed by atoms with Gasteiger partial charge in [0.25, 0.3) is 0 Å². The predicted octanol–water partition coefficient (Wildman–Crippen LogP) is 4.00. The normalized spacial score (nSPS) is 15.5. The highest BCUT2D eigenvalue weighted by molar-refractivity contribution is 6.28. The molecule has 1 saturated heterocycles. The maximum absolute atomic E-state index is 5.86. The molecule has 6 nitrogen and oxygen atoms in total. The maximum Gasteiger partial charge on any atom is 0.224 e. The number of halogens is 1. The van der Waals surface area contributed by atoms with Crippen molar-refractivity contribution in [3.8, 4) is 11.5 Å². The van der Waals surface area contributed by atoms with Gasteiger partial charge in [-0.25, -0.2) is 9.97 Å². The van der Waals surface area contributed by atoms with Crippen LogP contribution in [-0.4, -0.2) is 47.2 Å². The number of benzene rings is 1. The van der Waals surface area contributed by atoms with Gasteiger partial charge in [-0.2, -0.15) is 0 Å². The number of piperidine rings is 1. The molecule has 0 amide bonds. The molecule has 146 valence electrons. The van der Waals surface area contributed by atoms with E-state index in [1.165, 1.54) is 5.56 Å². The highest BCUT2D eigenvalue weighted by Crippen LogP contribution is 2.25. The molecular formula is C20H27ClN4O2. The highest BCUT2D eigenvalue weighted by atomic mass is 35.5. The van der Waals surface area contributed by atoms with E-state index >= 15 is 0 Å². The largest absolute Gasteiger partial charge is 0.494 e. The first-order valence-electron chi connectivity index (χ1n) is 9.53. The average molecular weight is 391 g/mol. The Morgan fingerprint density at radius 2 is 1.78 bits per heavy atom. The summed E-state index contributed by atoms with van der Waals surface area (Å²) in [5.41, 5.74) is 1.22. The van der Waals surface area contributed by atoms with E-state index in [9.17, 15) is 0 Å². The van der Waals surface area contributed by atoms with Gasteiger partial charge in [0.05, 0.1) is 13.2 Å². The Bertz CT molecular complexity index is 711. The molecule has 2 aromatic rings. The summed E-state index contributed by atoms with van der Waals surface area (Å²) >= 11 is 5.86. The standard InChI is InChI=1S/C20H27ClN4O2/c1-3-26-17-11-15(12-18(13-17)27-4-2)14-25-9-6-16(7-10-25)23-19-5-8-22-20(21)24-19/h5,8,11-13,16H,3-4,6-7,9-10,14H2,1-2H3,(H,22,23,24). The predicted molar refractivity (Wildman–Crippen MR) is 108 cm³/mol. The lowest BCUT2D eigenvalue weighted by atomic mass is 10.0. The smallest absolute Gasteiger partial charge is 0.224 e. The van der Waals surface area contributed by atoms with Crippen LogP contribution in [0.3, 0.4) is 0 Å². The van der Waals surface area contributed by atoms with E-state index in [0.717, 1.165) is 49.8 Å². The first-order chi connectivity index (χ1) is 13.2. The molecule has 0 atom stereocenters. The molecule has 0 radical (unpaired) electrons. The lowest BCUT2D eigenvalue weighted by Gasteiger charge is -2.32. The minimum absolute atomic E-state index is 0.275. The molecule has 1 N–H and O–H groups in total. The Hall–Kier alpha value is -2.05. The number of hydrogen-bond acceptors (Lipinski definition) is 6. The maximum atomic E-state index is 5.86. The second kappa shape index (κ2) is 9.76. The Kier molecular flexibility index (Phi) is 7.12. The molecule has 0 saturated carbocycles. The van der Waals surface area contributed by atoms with Crippen molar-refractivity contribution in [2.24, 2.45) is 0 Å². The van der Waals surface area contributed by atoms with Crippen LogP contribution in [0.25, 0.3) is 0 Å². The number of ether oxygens (including phenoxy) is 2. The fraction of sp³-hybridized carbons (Fsp3) is 0.500. The average Bonchev–Trinajstić information content (AvgIpc) is 2.64. The molecule has 7 heteroatoms. The van der Waals surface area contributed by atoms with Crippen LogP contribution in [0.5, 0.6) is 11.5 Å². The van der Waals surface area contributed by atoms with Crippen molar-refractivity contribution in [1.82, 2.24) is 14.9 Å². The van der Waals surface area contributed by atoms with Crippen LogP contribution in [0.4, 0.5) is 5.82 Å². The zero-order valence-electron chi connectivity index (χ0n) is 15.9. The molecule has 0 spiro atoms. The highest BCUT2D eigenvalue weighted by Gasteiger charge is 2.20. The van der Waals surface area contributed by atoms with E-state index in [1.807, 2.05) is 26.0 Å². The molecule has 2 heterocycles. The Morgan fingerprint density at radius 3 is 2.37 bits per heavy atom. The third-order valence-electron chi connectivity index (χ3n) is 4.53. The molecule has 27 heavy (non-hydrogen) atoms. The molecule has 0 bridgehead atoms. The van der Waals surface area contributed by atoms with Gasteiger partial charge in [0.15, 0.2) is 0 Å². The van der Waals surface area contributed by atoms with Gasteiger partial charge in [0.1, 0.15) is 17.3 Å². The van der Waals surface area contributed by atoms with E-state index < -0.39 is 0 Å². The number of likely N-dealkylation sites (tertiary alicyclic amines) is 1. The van der Waals surface area contributed by atoms with Gasteiger partial charge in [0.2, 0.25) is 5.28 Å². The molecule has 0 aliphatic carbocycles. The van der Waals surface area contributed by atoms with Crippen molar-refractivity contribution in [2.75, 3.05) is 31.6 Å². The summed E-state index contributed by atoms with van der Waals surface area (Å²) in [5, 5.41) is 3.73. The first-order valence-corrected chi connectivity index (χ1v) is 9.91.